The average Bonchev–Trinajstić information content (AvgIpc) is 2.67. The normalized spacial score (nSPS) is 14.9. The van der Waals surface area contributed by atoms with E-state index in [0.29, 0.717) is 33.8 Å². The van der Waals surface area contributed by atoms with Crippen molar-refractivity contribution in [2.45, 2.75) is 31.7 Å². The van der Waals surface area contributed by atoms with Crippen LogP contribution in [0.1, 0.15) is 31.0 Å². The van der Waals surface area contributed by atoms with E-state index in [2.05, 4.69) is 23.0 Å². The third kappa shape index (κ3) is 4.23. The van der Waals surface area contributed by atoms with Crippen molar-refractivity contribution < 1.29 is 4.79 Å². The summed E-state index contributed by atoms with van der Waals surface area (Å²) in [5.41, 5.74) is 2.00. The van der Waals surface area contributed by atoms with Crippen LogP contribution in [0.2, 0.25) is 0 Å². The molecular weight excluding hydrogens is 344 g/mol. The van der Waals surface area contributed by atoms with Crippen LogP contribution < -0.4 is 0 Å². The van der Waals surface area contributed by atoms with Gasteiger partial charge in [-0.05, 0) is 25.7 Å². The van der Waals surface area contributed by atoms with Crippen LogP contribution in [0.3, 0.4) is 0 Å². The maximum absolute atomic E-state index is 12.5. The molecule has 1 aromatic heterocycles. The van der Waals surface area contributed by atoms with Crippen molar-refractivity contribution in [3.8, 4) is 17.5 Å². The van der Waals surface area contributed by atoms with Gasteiger partial charge in [-0.1, -0.05) is 49.0 Å². The lowest BCUT2D eigenvalue weighted by molar-refractivity contribution is -0.129. The summed E-state index contributed by atoms with van der Waals surface area (Å²) in [5.74, 6) is 1.69. The molecule has 5 nitrogen and oxygen atoms in total. The van der Waals surface area contributed by atoms with Crippen molar-refractivity contribution in [3.05, 3.63) is 41.6 Å². The molecule has 3 rings (SSSR count). The van der Waals surface area contributed by atoms with Gasteiger partial charge in [0.1, 0.15) is 16.7 Å². The molecule has 0 aliphatic carbocycles. The van der Waals surface area contributed by atoms with E-state index in [0.717, 1.165) is 31.5 Å². The van der Waals surface area contributed by atoms with Gasteiger partial charge in [0.05, 0.1) is 11.4 Å². The molecule has 0 saturated carbocycles. The summed E-state index contributed by atoms with van der Waals surface area (Å²) in [6, 6.07) is 11.9. The quantitative estimate of drug-likeness (QED) is 0.610. The Balaban J connectivity index is 1.77. The number of piperidine rings is 1. The Morgan fingerprint density at radius 2 is 1.96 bits per heavy atom. The molecule has 134 valence electrons. The molecule has 0 radical (unpaired) electrons. The number of hydrogen-bond acceptors (Lipinski definition) is 5. The van der Waals surface area contributed by atoms with Crippen molar-refractivity contribution in [1.29, 1.82) is 5.26 Å². The van der Waals surface area contributed by atoms with E-state index in [-0.39, 0.29) is 5.91 Å². The molecule has 2 heterocycles. The number of hydrogen-bond donors (Lipinski definition) is 0. The molecule has 1 aromatic carbocycles. The Kier molecular flexibility index (Phi) is 5.89. The zero-order chi connectivity index (χ0) is 18.5. The smallest absolute Gasteiger partial charge is 0.232 e. The molecule has 1 aliphatic heterocycles. The standard InChI is InChI=1S/C20H22N4OS/c1-14-8-10-24(11-9-14)18(25)13-26-20-17(12-21)15(2)22-19(23-20)16-6-4-3-5-7-16/h3-7,14H,8-11,13H2,1-2H3. The van der Waals surface area contributed by atoms with E-state index < -0.39 is 0 Å². The van der Waals surface area contributed by atoms with E-state index in [1.807, 2.05) is 42.2 Å². The molecule has 6 heteroatoms. The van der Waals surface area contributed by atoms with Crippen molar-refractivity contribution in [3.63, 3.8) is 0 Å². The van der Waals surface area contributed by atoms with Gasteiger partial charge in [0.25, 0.3) is 0 Å². The summed E-state index contributed by atoms with van der Waals surface area (Å²) in [7, 11) is 0. The fraction of sp³-hybridized carbons (Fsp3) is 0.400. The van der Waals surface area contributed by atoms with E-state index in [1.54, 1.807) is 0 Å². The molecule has 0 spiro atoms. The molecule has 1 saturated heterocycles. The second-order valence-corrected chi connectivity index (χ2v) is 7.61. The molecule has 0 N–H and O–H groups in total. The molecule has 1 amide bonds. The van der Waals surface area contributed by atoms with Crippen LogP contribution in [0.5, 0.6) is 0 Å². The molecule has 26 heavy (non-hydrogen) atoms. The molecule has 2 aromatic rings. The van der Waals surface area contributed by atoms with Gasteiger partial charge in [-0.3, -0.25) is 4.79 Å². The summed E-state index contributed by atoms with van der Waals surface area (Å²) >= 11 is 1.33. The first-order valence-electron chi connectivity index (χ1n) is 8.83. The lowest BCUT2D eigenvalue weighted by Crippen LogP contribution is -2.38. The van der Waals surface area contributed by atoms with Gasteiger partial charge in [0, 0.05) is 18.7 Å². The van der Waals surface area contributed by atoms with Gasteiger partial charge < -0.3 is 4.90 Å². The van der Waals surface area contributed by atoms with E-state index in [9.17, 15) is 10.1 Å². The van der Waals surface area contributed by atoms with Crippen molar-refractivity contribution >= 4 is 17.7 Å². The van der Waals surface area contributed by atoms with E-state index >= 15 is 0 Å². The number of nitrogens with zero attached hydrogens (tertiary/aromatic N) is 4. The maximum atomic E-state index is 12.5. The number of aromatic nitrogens is 2. The molecule has 1 aliphatic rings. The number of nitriles is 1. The van der Waals surface area contributed by atoms with Crippen LogP contribution in [0.4, 0.5) is 0 Å². The first-order chi connectivity index (χ1) is 12.6. The predicted octanol–water partition coefficient (Wildman–Crippen LogP) is 3.67. The third-order valence-electron chi connectivity index (χ3n) is 4.67. The van der Waals surface area contributed by atoms with Crippen LogP contribution >= 0.6 is 11.8 Å². The Labute approximate surface area is 158 Å². The van der Waals surface area contributed by atoms with Crippen molar-refractivity contribution in [1.82, 2.24) is 14.9 Å². The monoisotopic (exact) mass is 366 g/mol. The molecular formula is C20H22N4OS. The average molecular weight is 366 g/mol. The van der Waals surface area contributed by atoms with E-state index in [4.69, 9.17) is 0 Å². The second kappa shape index (κ2) is 8.33. The number of carbonyl (C=O) groups is 1. The van der Waals surface area contributed by atoms with Gasteiger partial charge in [-0.2, -0.15) is 5.26 Å². The highest BCUT2D eigenvalue weighted by molar-refractivity contribution is 8.00. The minimum atomic E-state index is 0.114. The second-order valence-electron chi connectivity index (χ2n) is 6.64. The SMILES string of the molecule is Cc1nc(-c2ccccc2)nc(SCC(=O)N2CCC(C)CC2)c1C#N. The first kappa shape index (κ1) is 18.4. The Hall–Kier alpha value is -2.39. The Morgan fingerprint density at radius 1 is 1.27 bits per heavy atom. The maximum Gasteiger partial charge on any atom is 0.232 e. The van der Waals surface area contributed by atoms with Crippen LogP contribution in [0, 0.1) is 24.2 Å². The number of likely N-dealkylation sites (tertiary alicyclic amines) is 1. The van der Waals surface area contributed by atoms with Gasteiger partial charge in [-0.15, -0.1) is 0 Å². The van der Waals surface area contributed by atoms with Crippen LogP contribution in [0.25, 0.3) is 11.4 Å². The fourth-order valence-electron chi connectivity index (χ4n) is 2.98. The Morgan fingerprint density at radius 3 is 2.62 bits per heavy atom. The lowest BCUT2D eigenvalue weighted by Gasteiger charge is -2.30. The zero-order valence-corrected chi connectivity index (χ0v) is 15.9. The van der Waals surface area contributed by atoms with E-state index in [1.165, 1.54) is 11.8 Å². The van der Waals surface area contributed by atoms with Crippen molar-refractivity contribution in [2.24, 2.45) is 5.92 Å². The highest BCUT2D eigenvalue weighted by atomic mass is 32.2. The van der Waals surface area contributed by atoms with Gasteiger partial charge in [-0.25, -0.2) is 9.97 Å². The number of carbonyl (C=O) groups excluding carboxylic acids is 1. The van der Waals surface area contributed by atoms with Gasteiger partial charge >= 0.3 is 0 Å². The number of aryl methyl sites for hydroxylation is 1. The zero-order valence-electron chi connectivity index (χ0n) is 15.1. The minimum Gasteiger partial charge on any atom is -0.342 e. The third-order valence-corrected chi connectivity index (χ3v) is 5.63. The lowest BCUT2D eigenvalue weighted by atomic mass is 9.99. The van der Waals surface area contributed by atoms with Crippen molar-refractivity contribution in [2.75, 3.05) is 18.8 Å². The molecule has 0 bridgehead atoms. The largest absolute Gasteiger partial charge is 0.342 e. The summed E-state index contributed by atoms with van der Waals surface area (Å²) in [5, 5.41) is 10.0. The van der Waals surface area contributed by atoms with Crippen LogP contribution in [-0.4, -0.2) is 39.6 Å². The van der Waals surface area contributed by atoms with Crippen LogP contribution in [-0.2, 0) is 4.79 Å². The molecule has 1 fully saturated rings. The first-order valence-corrected chi connectivity index (χ1v) is 9.81. The summed E-state index contributed by atoms with van der Waals surface area (Å²) in [4.78, 5) is 23.4. The van der Waals surface area contributed by atoms with Crippen LogP contribution in [0.15, 0.2) is 35.4 Å². The topological polar surface area (TPSA) is 69.9 Å². The summed E-state index contributed by atoms with van der Waals surface area (Å²) < 4.78 is 0. The highest BCUT2D eigenvalue weighted by Gasteiger charge is 2.21. The number of benzene rings is 1. The fourth-order valence-corrected chi connectivity index (χ4v) is 3.91. The number of amides is 1. The highest BCUT2D eigenvalue weighted by Crippen LogP contribution is 2.26. The molecule has 0 unspecified atom stereocenters. The predicted molar refractivity (Wildman–Crippen MR) is 103 cm³/mol. The summed E-state index contributed by atoms with van der Waals surface area (Å²) in [6.45, 7) is 5.68. The van der Waals surface area contributed by atoms with Gasteiger partial charge in [0.15, 0.2) is 5.82 Å². The Bertz CT molecular complexity index is 824. The minimum absolute atomic E-state index is 0.114. The number of rotatable bonds is 4. The number of thioether (sulfide) groups is 1. The summed E-state index contributed by atoms with van der Waals surface area (Å²) in [6.07, 6.45) is 2.12. The molecule has 0 atom stereocenters. The van der Waals surface area contributed by atoms with Gasteiger partial charge in [0.2, 0.25) is 5.91 Å².